The SMILES string of the molecule is COc1ccc2c(O[C@@H]3C[C@H]4C(=O)C[C@]5(C(=O)NS(=O)(=O)C6CC6)C[C@H]5/C=C\CCCCC[C@H](NC(=O)c5cnn(C)n5)C(=O)N4C3)cc(OC(C)C)nc2c1C. The minimum Gasteiger partial charge on any atom is -0.496 e. The van der Waals surface area contributed by atoms with Crippen LogP contribution in [0.3, 0.4) is 0 Å². The molecule has 3 aromatic rings. The molecule has 57 heavy (non-hydrogen) atoms. The maximum Gasteiger partial charge on any atom is 0.274 e. The quantitative estimate of drug-likeness (QED) is 0.282. The van der Waals surface area contributed by atoms with Gasteiger partial charge in [0, 0.05) is 36.9 Å². The second-order valence-corrected chi connectivity index (χ2v) is 18.0. The van der Waals surface area contributed by atoms with Crippen molar-refractivity contribution in [3.63, 3.8) is 0 Å². The van der Waals surface area contributed by atoms with E-state index >= 15 is 0 Å². The Morgan fingerprint density at radius 1 is 1.07 bits per heavy atom. The van der Waals surface area contributed by atoms with Gasteiger partial charge in [-0.2, -0.15) is 9.90 Å². The lowest BCUT2D eigenvalue weighted by Crippen LogP contribution is -2.52. The van der Waals surface area contributed by atoms with Crippen LogP contribution >= 0.6 is 0 Å². The topological polar surface area (TPSA) is 201 Å². The number of hydrogen-bond donors (Lipinski definition) is 2. The number of aryl methyl sites for hydroxylation is 2. The zero-order valence-electron chi connectivity index (χ0n) is 33.0. The molecule has 5 atom stereocenters. The number of allylic oxidation sites excluding steroid dienone is 2. The molecule has 2 N–H and O–H groups in total. The number of hydrogen-bond acceptors (Lipinski definition) is 12. The molecule has 0 radical (unpaired) electrons. The van der Waals surface area contributed by atoms with Crippen molar-refractivity contribution in [3.05, 3.63) is 47.8 Å². The third-order valence-corrected chi connectivity index (χ3v) is 13.2. The fourth-order valence-electron chi connectivity index (χ4n) is 8.03. The molecule has 0 spiro atoms. The number of fused-ring (bicyclic) bond motifs is 3. The molecule has 4 aliphatic rings. The van der Waals surface area contributed by atoms with Gasteiger partial charge >= 0.3 is 0 Å². The Hall–Kier alpha value is -5.06. The van der Waals surface area contributed by atoms with Crippen molar-refractivity contribution < 1.29 is 41.8 Å². The molecule has 2 saturated carbocycles. The third kappa shape index (κ3) is 8.62. The van der Waals surface area contributed by atoms with Crippen molar-refractivity contribution in [2.75, 3.05) is 13.7 Å². The monoisotopic (exact) mass is 805 g/mol. The van der Waals surface area contributed by atoms with Crippen LogP contribution in [0, 0.1) is 18.3 Å². The lowest BCUT2D eigenvalue weighted by molar-refractivity contribution is -0.140. The molecule has 3 amide bonds. The number of ketones is 1. The summed E-state index contributed by atoms with van der Waals surface area (Å²) >= 11 is 0. The van der Waals surface area contributed by atoms with E-state index in [0.717, 1.165) is 18.4 Å². The normalized spacial score (nSPS) is 26.2. The van der Waals surface area contributed by atoms with Crippen LogP contribution < -0.4 is 24.2 Å². The maximum absolute atomic E-state index is 14.7. The minimum atomic E-state index is -3.87. The lowest BCUT2D eigenvalue weighted by atomic mass is 9.91. The first-order valence-electron chi connectivity index (χ1n) is 19.7. The molecule has 1 aromatic carbocycles. The van der Waals surface area contributed by atoms with Crippen LogP contribution in [0.2, 0.25) is 0 Å². The predicted molar refractivity (Wildman–Crippen MR) is 208 cm³/mol. The molecule has 16 nitrogen and oxygen atoms in total. The van der Waals surface area contributed by atoms with E-state index < -0.39 is 56.6 Å². The second-order valence-electron chi connectivity index (χ2n) is 16.0. The van der Waals surface area contributed by atoms with Gasteiger partial charge in [-0.25, -0.2) is 13.4 Å². The van der Waals surface area contributed by atoms with Crippen LogP contribution in [-0.4, -0.2) is 100.0 Å². The number of carbonyl (C=O) groups is 4. The first-order valence-corrected chi connectivity index (χ1v) is 21.3. The molecule has 0 bridgehead atoms. The zero-order chi connectivity index (χ0) is 40.6. The van der Waals surface area contributed by atoms with Gasteiger partial charge in [0.25, 0.3) is 5.91 Å². The summed E-state index contributed by atoms with van der Waals surface area (Å²) in [5, 5.41) is 11.0. The van der Waals surface area contributed by atoms with Gasteiger partial charge in [0.05, 0.1) is 48.2 Å². The summed E-state index contributed by atoms with van der Waals surface area (Å²) in [6, 6.07) is 3.33. The van der Waals surface area contributed by atoms with E-state index in [2.05, 4.69) is 20.2 Å². The first kappa shape index (κ1) is 40.1. The Morgan fingerprint density at radius 3 is 2.56 bits per heavy atom. The van der Waals surface area contributed by atoms with Gasteiger partial charge in [-0.3, -0.25) is 23.9 Å². The molecule has 306 valence electrons. The zero-order valence-corrected chi connectivity index (χ0v) is 33.8. The maximum atomic E-state index is 14.7. The van der Waals surface area contributed by atoms with Gasteiger partial charge < -0.3 is 24.4 Å². The first-order chi connectivity index (χ1) is 27.2. The Bertz CT molecular complexity index is 2200. The van der Waals surface area contributed by atoms with Gasteiger partial charge in [0.1, 0.15) is 23.6 Å². The number of pyridine rings is 1. The fourth-order valence-corrected chi connectivity index (χ4v) is 9.41. The van der Waals surface area contributed by atoms with Crippen molar-refractivity contribution in [3.8, 4) is 17.4 Å². The van der Waals surface area contributed by atoms with Crippen LogP contribution in [0.15, 0.2) is 36.5 Å². The highest BCUT2D eigenvalue weighted by Gasteiger charge is 2.61. The standard InChI is InChI=1S/C40H51N7O9S/c1-23(2)55-35-18-34(28-15-16-33(54-5)24(3)36(28)43-35)56-26-17-31-32(48)20-40(39(51)45-57(52,53)27-13-14-27)19-25(40)11-9-7-6-8-10-12-29(38(50)47(31)22-26)42-37(49)30-21-41-46(4)44-30/h9,11,15-16,18,21,23,25-27,29,31H,6-8,10,12-14,17,19-20,22H2,1-5H3,(H,42,49)(H,45,51)/b11-9-/t25-,26-,29+,31+,40-/m1/s1. The van der Waals surface area contributed by atoms with Crippen molar-refractivity contribution in [2.24, 2.45) is 18.4 Å². The van der Waals surface area contributed by atoms with Crippen molar-refractivity contribution in [1.82, 2.24) is 34.9 Å². The van der Waals surface area contributed by atoms with Crippen molar-refractivity contribution in [1.29, 1.82) is 0 Å². The number of aromatic nitrogens is 4. The van der Waals surface area contributed by atoms with Crippen LogP contribution in [0.4, 0.5) is 0 Å². The molecular formula is C40H51N7O9S. The summed E-state index contributed by atoms with van der Waals surface area (Å²) in [6.45, 7) is 5.67. The van der Waals surface area contributed by atoms with Gasteiger partial charge in [-0.15, -0.1) is 5.10 Å². The number of rotatable bonds is 10. The molecule has 1 saturated heterocycles. The Labute approximate surface area is 332 Å². The van der Waals surface area contributed by atoms with E-state index in [1.165, 1.54) is 15.9 Å². The van der Waals surface area contributed by atoms with Crippen LogP contribution in [0.25, 0.3) is 10.9 Å². The molecule has 2 aromatic heterocycles. The Kier molecular flexibility index (Phi) is 11.3. The van der Waals surface area contributed by atoms with E-state index in [0.29, 0.717) is 66.8 Å². The van der Waals surface area contributed by atoms with Crippen LogP contribution in [0.5, 0.6) is 17.4 Å². The molecule has 2 aliphatic heterocycles. The average Bonchev–Trinajstić information content (AvgIpc) is 4.05. The lowest BCUT2D eigenvalue weighted by Gasteiger charge is -2.29. The van der Waals surface area contributed by atoms with Crippen LogP contribution in [0.1, 0.15) is 94.1 Å². The molecular weight excluding hydrogens is 755 g/mol. The molecule has 7 rings (SSSR count). The van der Waals surface area contributed by atoms with Gasteiger partial charge in [0.2, 0.25) is 27.7 Å². The van der Waals surface area contributed by atoms with E-state index in [-0.39, 0.29) is 42.9 Å². The average molecular weight is 806 g/mol. The molecule has 0 unspecified atom stereocenters. The predicted octanol–water partition coefficient (Wildman–Crippen LogP) is 3.71. The largest absolute Gasteiger partial charge is 0.496 e. The summed E-state index contributed by atoms with van der Waals surface area (Å²) in [4.78, 5) is 64.0. The highest BCUT2D eigenvalue weighted by molar-refractivity contribution is 7.90. The molecule has 4 heterocycles. The number of carbonyl (C=O) groups excluding carboxylic acids is 4. The summed E-state index contributed by atoms with van der Waals surface area (Å²) < 4.78 is 46.4. The summed E-state index contributed by atoms with van der Waals surface area (Å²) in [5.74, 6) is -1.04. The highest BCUT2D eigenvalue weighted by atomic mass is 32.2. The molecule has 17 heteroatoms. The minimum absolute atomic E-state index is 0.00463. The summed E-state index contributed by atoms with van der Waals surface area (Å²) in [5.41, 5.74) is 0.160. The third-order valence-electron chi connectivity index (χ3n) is 11.4. The van der Waals surface area contributed by atoms with E-state index in [4.69, 9.17) is 19.2 Å². The summed E-state index contributed by atoms with van der Waals surface area (Å²) in [7, 11) is -0.707. The number of Topliss-reactive ketones (excluding diaryl/α,β-unsaturated/α-hetero) is 1. The van der Waals surface area contributed by atoms with Crippen LogP contribution in [-0.2, 0) is 31.5 Å². The Balaban J connectivity index is 1.23. The fraction of sp³-hybridized carbons (Fsp3) is 0.575. The number of sulfonamides is 1. The van der Waals surface area contributed by atoms with E-state index in [1.54, 1.807) is 20.2 Å². The number of amides is 3. The number of methoxy groups -OCH3 is 1. The number of benzene rings is 1. The van der Waals surface area contributed by atoms with Gasteiger partial charge in [-0.05, 0) is 77.3 Å². The number of ether oxygens (including phenoxy) is 3. The van der Waals surface area contributed by atoms with Gasteiger partial charge in [-0.1, -0.05) is 25.0 Å². The van der Waals surface area contributed by atoms with Gasteiger partial charge in [0.15, 0.2) is 11.5 Å². The van der Waals surface area contributed by atoms with E-state index in [9.17, 15) is 27.6 Å². The smallest absolute Gasteiger partial charge is 0.274 e. The summed E-state index contributed by atoms with van der Waals surface area (Å²) in [6.07, 6.45) is 8.66. The Morgan fingerprint density at radius 2 is 1.86 bits per heavy atom. The number of nitrogens with zero attached hydrogens (tertiary/aromatic N) is 5. The van der Waals surface area contributed by atoms with Crippen molar-refractivity contribution >= 4 is 44.4 Å². The highest BCUT2D eigenvalue weighted by Crippen LogP contribution is 2.57. The van der Waals surface area contributed by atoms with Crippen molar-refractivity contribution in [2.45, 2.75) is 115 Å². The van der Waals surface area contributed by atoms with E-state index in [1.807, 2.05) is 45.1 Å². The second kappa shape index (κ2) is 16.1. The number of nitrogens with one attached hydrogen (secondary N) is 2. The molecule has 2 aliphatic carbocycles. The molecule has 3 fully saturated rings.